The Morgan fingerprint density at radius 1 is 1.44 bits per heavy atom. The number of aliphatic hydroxyl groups is 1. The van der Waals surface area contributed by atoms with Crippen molar-refractivity contribution in [2.45, 2.75) is 45.3 Å². The van der Waals surface area contributed by atoms with Gasteiger partial charge in [-0.15, -0.1) is 0 Å². The smallest absolute Gasteiger partial charge is 0.289 e. The van der Waals surface area contributed by atoms with Crippen molar-refractivity contribution in [3.63, 3.8) is 0 Å². The summed E-state index contributed by atoms with van der Waals surface area (Å²) in [6, 6.07) is 5.43. The Hall–Kier alpha value is -1.92. The van der Waals surface area contributed by atoms with E-state index >= 15 is 0 Å². The van der Waals surface area contributed by atoms with Crippen LogP contribution in [0.4, 0.5) is 0 Å². The average molecular weight is 344 g/mol. The molecule has 6 nitrogen and oxygen atoms in total. The highest BCUT2D eigenvalue weighted by Gasteiger charge is 2.56. The number of aliphatic hydroxyl groups excluding tert-OH is 1. The second-order valence-corrected chi connectivity index (χ2v) is 7.17. The SMILES string of the molecule is CCO[C@H]1C[C@H](O)C12CCN(C(=O)c1cc3nc(C)ccc3o1)CC2. The van der Waals surface area contributed by atoms with Crippen LogP contribution in [-0.2, 0) is 4.74 Å². The summed E-state index contributed by atoms with van der Waals surface area (Å²) in [5.41, 5.74) is 2.06. The zero-order chi connectivity index (χ0) is 17.6. The van der Waals surface area contributed by atoms with Crippen molar-refractivity contribution in [1.29, 1.82) is 0 Å². The van der Waals surface area contributed by atoms with Crippen LogP contribution >= 0.6 is 0 Å². The lowest BCUT2D eigenvalue weighted by Crippen LogP contribution is -2.62. The molecule has 3 heterocycles. The van der Waals surface area contributed by atoms with Crippen molar-refractivity contribution in [1.82, 2.24) is 9.88 Å². The number of amides is 1. The fourth-order valence-corrected chi connectivity index (χ4v) is 4.23. The third-order valence-corrected chi connectivity index (χ3v) is 5.82. The van der Waals surface area contributed by atoms with Gasteiger partial charge in [0.25, 0.3) is 5.91 Å². The summed E-state index contributed by atoms with van der Waals surface area (Å²) < 4.78 is 11.5. The Morgan fingerprint density at radius 3 is 2.88 bits per heavy atom. The zero-order valence-corrected chi connectivity index (χ0v) is 14.7. The highest BCUT2D eigenvalue weighted by atomic mass is 16.5. The molecule has 1 aliphatic heterocycles. The van der Waals surface area contributed by atoms with Gasteiger partial charge in [-0.2, -0.15) is 0 Å². The normalized spacial score (nSPS) is 25.3. The third kappa shape index (κ3) is 2.64. The van der Waals surface area contributed by atoms with Gasteiger partial charge in [-0.05, 0) is 38.8 Å². The first kappa shape index (κ1) is 16.5. The molecule has 1 saturated heterocycles. The van der Waals surface area contributed by atoms with Gasteiger partial charge in [-0.3, -0.25) is 4.79 Å². The van der Waals surface area contributed by atoms with E-state index in [1.54, 1.807) is 6.07 Å². The largest absolute Gasteiger partial charge is 0.449 e. The first-order chi connectivity index (χ1) is 12.0. The molecule has 0 unspecified atom stereocenters. The summed E-state index contributed by atoms with van der Waals surface area (Å²) >= 11 is 0. The Morgan fingerprint density at radius 2 is 2.20 bits per heavy atom. The van der Waals surface area contributed by atoms with Gasteiger partial charge in [0.2, 0.25) is 0 Å². The first-order valence-electron chi connectivity index (χ1n) is 8.99. The lowest BCUT2D eigenvalue weighted by atomic mass is 9.58. The van der Waals surface area contributed by atoms with E-state index in [2.05, 4.69) is 4.98 Å². The summed E-state index contributed by atoms with van der Waals surface area (Å²) in [5, 5.41) is 10.3. The number of aromatic nitrogens is 1. The lowest BCUT2D eigenvalue weighted by Gasteiger charge is -2.56. The minimum atomic E-state index is -0.320. The predicted octanol–water partition coefficient (Wildman–Crippen LogP) is 2.53. The highest BCUT2D eigenvalue weighted by Crippen LogP contribution is 2.51. The number of hydrogen-bond acceptors (Lipinski definition) is 5. The summed E-state index contributed by atoms with van der Waals surface area (Å²) in [6.45, 7) is 5.78. The molecule has 1 spiro atoms. The van der Waals surface area contributed by atoms with E-state index in [0.717, 1.165) is 18.5 Å². The van der Waals surface area contributed by atoms with Crippen molar-refractivity contribution in [3.8, 4) is 0 Å². The number of rotatable bonds is 3. The molecule has 2 atom stereocenters. The van der Waals surface area contributed by atoms with Crippen molar-refractivity contribution >= 4 is 17.0 Å². The number of furan rings is 1. The molecule has 1 N–H and O–H groups in total. The van der Waals surface area contributed by atoms with Crippen LogP contribution in [0.5, 0.6) is 0 Å². The molecule has 0 bridgehead atoms. The summed E-state index contributed by atoms with van der Waals surface area (Å²) in [7, 11) is 0. The van der Waals surface area contributed by atoms with E-state index in [4.69, 9.17) is 9.15 Å². The predicted molar refractivity (Wildman–Crippen MR) is 92.4 cm³/mol. The van der Waals surface area contributed by atoms with Gasteiger partial charge in [0.15, 0.2) is 11.3 Å². The molecule has 0 radical (unpaired) electrons. The van der Waals surface area contributed by atoms with Crippen LogP contribution in [0.15, 0.2) is 22.6 Å². The third-order valence-electron chi connectivity index (χ3n) is 5.82. The number of fused-ring (bicyclic) bond motifs is 1. The molecule has 1 saturated carbocycles. The number of pyridine rings is 1. The van der Waals surface area contributed by atoms with Gasteiger partial charge >= 0.3 is 0 Å². The van der Waals surface area contributed by atoms with Crippen molar-refractivity contribution in [3.05, 3.63) is 29.7 Å². The molecule has 134 valence electrons. The second-order valence-electron chi connectivity index (χ2n) is 7.17. The standard InChI is InChI=1S/C19H24N2O4/c1-3-24-17-11-16(22)19(17)6-8-21(9-7-19)18(23)15-10-13-14(25-15)5-4-12(2)20-13/h4-5,10,16-17,22H,3,6-9,11H2,1-2H3/t16-,17-/m0/s1. The van der Waals surface area contributed by atoms with Crippen molar-refractivity contribution < 1.29 is 19.1 Å². The van der Waals surface area contributed by atoms with E-state index in [1.165, 1.54) is 0 Å². The first-order valence-corrected chi connectivity index (χ1v) is 8.99. The average Bonchev–Trinajstić information content (AvgIpc) is 3.04. The Bertz CT molecular complexity index is 790. The quantitative estimate of drug-likeness (QED) is 0.926. The minimum Gasteiger partial charge on any atom is -0.449 e. The maximum absolute atomic E-state index is 12.8. The minimum absolute atomic E-state index is 0.104. The lowest BCUT2D eigenvalue weighted by molar-refractivity contribution is -0.207. The molecule has 1 amide bonds. The van der Waals surface area contributed by atoms with Crippen molar-refractivity contribution in [2.75, 3.05) is 19.7 Å². The molecule has 2 aromatic heterocycles. The summed E-state index contributed by atoms with van der Waals surface area (Å²) in [6.07, 6.45) is 2.03. The van der Waals surface area contributed by atoms with E-state index in [9.17, 15) is 9.90 Å². The topological polar surface area (TPSA) is 75.8 Å². The molecular formula is C19H24N2O4. The van der Waals surface area contributed by atoms with Crippen LogP contribution in [0.25, 0.3) is 11.1 Å². The molecule has 0 aromatic carbocycles. The maximum atomic E-state index is 12.8. The number of likely N-dealkylation sites (tertiary alicyclic amines) is 1. The van der Waals surface area contributed by atoms with E-state index in [-0.39, 0.29) is 23.5 Å². The second kappa shape index (κ2) is 6.11. The van der Waals surface area contributed by atoms with Gasteiger partial charge in [-0.1, -0.05) is 0 Å². The number of aryl methyl sites for hydroxylation is 1. The highest BCUT2D eigenvalue weighted by molar-refractivity contribution is 5.95. The molecule has 6 heteroatoms. The molecule has 4 rings (SSSR count). The number of ether oxygens (including phenoxy) is 1. The van der Waals surface area contributed by atoms with Crippen LogP contribution in [0.2, 0.25) is 0 Å². The Balaban J connectivity index is 1.47. The molecule has 25 heavy (non-hydrogen) atoms. The molecule has 1 aliphatic carbocycles. The van der Waals surface area contributed by atoms with Gasteiger partial charge in [-0.25, -0.2) is 4.98 Å². The van der Waals surface area contributed by atoms with Gasteiger partial charge in [0, 0.05) is 43.3 Å². The number of carbonyl (C=O) groups excluding carboxylic acids is 1. The van der Waals surface area contributed by atoms with Gasteiger partial charge in [0.05, 0.1) is 12.2 Å². The van der Waals surface area contributed by atoms with Crippen molar-refractivity contribution in [2.24, 2.45) is 5.41 Å². The van der Waals surface area contributed by atoms with E-state index < -0.39 is 0 Å². The van der Waals surface area contributed by atoms with E-state index in [0.29, 0.717) is 43.0 Å². The maximum Gasteiger partial charge on any atom is 0.289 e. The fourth-order valence-electron chi connectivity index (χ4n) is 4.23. The van der Waals surface area contributed by atoms with Crippen LogP contribution in [0.1, 0.15) is 42.4 Å². The number of piperidine rings is 1. The molecular weight excluding hydrogens is 320 g/mol. The van der Waals surface area contributed by atoms with Crippen LogP contribution in [0, 0.1) is 12.3 Å². The molecule has 2 aliphatic rings. The molecule has 2 aromatic rings. The zero-order valence-electron chi connectivity index (χ0n) is 14.7. The van der Waals surface area contributed by atoms with Crippen LogP contribution < -0.4 is 0 Å². The summed E-state index contributed by atoms with van der Waals surface area (Å²) in [5.74, 6) is 0.229. The Kier molecular flexibility index (Phi) is 4.04. The monoisotopic (exact) mass is 344 g/mol. The number of nitrogens with zero attached hydrogens (tertiary/aromatic N) is 2. The van der Waals surface area contributed by atoms with Gasteiger partial charge < -0.3 is 19.2 Å². The Labute approximate surface area is 146 Å². The van der Waals surface area contributed by atoms with E-state index in [1.807, 2.05) is 30.9 Å². The van der Waals surface area contributed by atoms with Crippen LogP contribution in [0.3, 0.4) is 0 Å². The summed E-state index contributed by atoms with van der Waals surface area (Å²) in [4.78, 5) is 19.0. The molecule has 2 fully saturated rings. The fraction of sp³-hybridized carbons (Fsp3) is 0.579. The van der Waals surface area contributed by atoms with Crippen LogP contribution in [-0.4, -0.2) is 52.8 Å². The number of carbonyl (C=O) groups is 1. The number of hydrogen-bond donors (Lipinski definition) is 1. The van der Waals surface area contributed by atoms with Gasteiger partial charge in [0.1, 0.15) is 5.52 Å².